The summed E-state index contributed by atoms with van der Waals surface area (Å²) in [5.74, 6) is 3.03. The van der Waals surface area contributed by atoms with E-state index in [2.05, 4.69) is 22.4 Å². The fraction of sp³-hybridized carbons (Fsp3) is 0.278. The van der Waals surface area contributed by atoms with E-state index in [-0.39, 0.29) is 11.7 Å². The summed E-state index contributed by atoms with van der Waals surface area (Å²) in [5.41, 5.74) is 3.49. The number of rotatable bonds is 6. The van der Waals surface area contributed by atoms with Crippen LogP contribution in [0.1, 0.15) is 30.8 Å². The van der Waals surface area contributed by atoms with Crippen molar-refractivity contribution in [2.75, 3.05) is 5.75 Å². The fourth-order valence-electron chi connectivity index (χ4n) is 2.60. The Kier molecular flexibility index (Phi) is 4.59. The van der Waals surface area contributed by atoms with Gasteiger partial charge >= 0.3 is 0 Å². The largest absolute Gasteiger partial charge is 0.460 e. The molecule has 5 nitrogen and oxygen atoms in total. The van der Waals surface area contributed by atoms with Gasteiger partial charge in [0.2, 0.25) is 0 Å². The van der Waals surface area contributed by atoms with Crippen LogP contribution in [-0.4, -0.2) is 22.9 Å². The zero-order valence-electron chi connectivity index (χ0n) is 13.6. The highest BCUT2D eigenvalue weighted by Crippen LogP contribution is 2.47. The SMILES string of the molecule is C[C@H]1C[C@H]1c1ccc(/C=N\NC(=O)CSc2nc3ccccc3s2)o1. The number of carbonyl (C=O) groups is 1. The van der Waals surface area contributed by atoms with Crippen LogP contribution in [0.4, 0.5) is 0 Å². The Morgan fingerprint density at radius 3 is 3.08 bits per heavy atom. The number of hydrogen-bond acceptors (Lipinski definition) is 6. The third-order valence-corrected chi connectivity index (χ3v) is 6.28. The molecule has 1 aliphatic carbocycles. The van der Waals surface area contributed by atoms with Gasteiger partial charge in [0.05, 0.1) is 22.2 Å². The average Bonchev–Trinajstić information content (AvgIpc) is 3.02. The molecule has 2 aromatic heterocycles. The van der Waals surface area contributed by atoms with Crippen molar-refractivity contribution in [2.45, 2.75) is 23.6 Å². The smallest absolute Gasteiger partial charge is 0.250 e. The molecule has 0 bridgehead atoms. The molecule has 0 spiro atoms. The number of aromatic nitrogens is 1. The summed E-state index contributed by atoms with van der Waals surface area (Å²) in [6.45, 7) is 2.21. The minimum Gasteiger partial charge on any atom is -0.460 e. The average molecular weight is 371 g/mol. The molecule has 0 radical (unpaired) electrons. The summed E-state index contributed by atoms with van der Waals surface area (Å²) < 4.78 is 7.72. The third-order valence-electron chi connectivity index (χ3n) is 4.10. The van der Waals surface area contributed by atoms with E-state index in [1.807, 2.05) is 36.4 Å². The van der Waals surface area contributed by atoms with Crippen molar-refractivity contribution in [3.63, 3.8) is 0 Å². The van der Waals surface area contributed by atoms with Crippen molar-refractivity contribution in [3.8, 4) is 0 Å². The molecule has 0 saturated heterocycles. The standard InChI is InChI=1S/C18H17N3O2S2/c1-11-8-13(11)15-7-6-12(23-15)9-19-21-17(22)10-24-18-20-14-4-2-3-5-16(14)25-18/h2-7,9,11,13H,8,10H2,1H3,(H,21,22)/b19-9-/t11-,13+/m0/s1. The molecule has 1 amide bonds. The highest BCUT2D eigenvalue weighted by atomic mass is 32.2. The van der Waals surface area contributed by atoms with Crippen LogP contribution < -0.4 is 5.43 Å². The van der Waals surface area contributed by atoms with Crippen LogP contribution in [0.3, 0.4) is 0 Å². The number of carbonyl (C=O) groups excluding carboxylic acids is 1. The Bertz CT molecular complexity index is 898. The van der Waals surface area contributed by atoms with Crippen molar-refractivity contribution in [3.05, 3.63) is 47.9 Å². The van der Waals surface area contributed by atoms with Crippen molar-refractivity contribution in [1.82, 2.24) is 10.4 Å². The van der Waals surface area contributed by atoms with E-state index in [0.717, 1.165) is 20.3 Å². The third kappa shape index (κ3) is 3.93. The van der Waals surface area contributed by atoms with Gasteiger partial charge < -0.3 is 4.42 Å². The zero-order valence-corrected chi connectivity index (χ0v) is 15.3. The molecule has 3 aromatic rings. The van der Waals surface area contributed by atoms with Crippen LogP contribution in [0.15, 0.2) is 50.3 Å². The van der Waals surface area contributed by atoms with Crippen molar-refractivity contribution >= 4 is 45.4 Å². The van der Waals surface area contributed by atoms with Crippen LogP contribution in [0.5, 0.6) is 0 Å². The lowest BCUT2D eigenvalue weighted by atomic mass is 10.3. The molecule has 1 fully saturated rings. The zero-order chi connectivity index (χ0) is 17.2. The number of hydrogen-bond donors (Lipinski definition) is 1. The first-order chi connectivity index (χ1) is 12.2. The molecule has 0 aliphatic heterocycles. The molecule has 4 rings (SSSR count). The fourth-order valence-corrected chi connectivity index (χ4v) is 4.46. The van der Waals surface area contributed by atoms with Gasteiger partial charge in [-0.2, -0.15) is 5.10 Å². The van der Waals surface area contributed by atoms with E-state index < -0.39 is 0 Å². The van der Waals surface area contributed by atoms with E-state index in [4.69, 9.17) is 4.42 Å². The predicted molar refractivity (Wildman–Crippen MR) is 101 cm³/mol. The lowest BCUT2D eigenvalue weighted by Gasteiger charge is -1.96. The number of hydrazone groups is 1. The summed E-state index contributed by atoms with van der Waals surface area (Å²) in [4.78, 5) is 16.4. The van der Waals surface area contributed by atoms with E-state index in [9.17, 15) is 4.79 Å². The van der Waals surface area contributed by atoms with Crippen LogP contribution in [0.2, 0.25) is 0 Å². The maximum absolute atomic E-state index is 11.9. The quantitative estimate of drug-likeness (QED) is 0.399. The van der Waals surface area contributed by atoms with E-state index >= 15 is 0 Å². The lowest BCUT2D eigenvalue weighted by Crippen LogP contribution is -2.19. The first-order valence-corrected chi connectivity index (χ1v) is 9.89. The van der Waals surface area contributed by atoms with Gasteiger partial charge in [0.1, 0.15) is 11.5 Å². The molecule has 1 aromatic carbocycles. The number of thioether (sulfide) groups is 1. The molecular formula is C18H17N3O2S2. The van der Waals surface area contributed by atoms with Gasteiger partial charge in [0.15, 0.2) is 4.34 Å². The summed E-state index contributed by atoms with van der Waals surface area (Å²) in [6, 6.07) is 11.8. The Morgan fingerprint density at radius 1 is 1.44 bits per heavy atom. The molecule has 25 heavy (non-hydrogen) atoms. The number of fused-ring (bicyclic) bond motifs is 1. The lowest BCUT2D eigenvalue weighted by molar-refractivity contribution is -0.118. The second-order valence-electron chi connectivity index (χ2n) is 6.09. The summed E-state index contributed by atoms with van der Waals surface area (Å²) in [7, 11) is 0. The molecular weight excluding hydrogens is 354 g/mol. The molecule has 1 saturated carbocycles. The molecule has 128 valence electrons. The van der Waals surface area contributed by atoms with Gasteiger partial charge in [-0.15, -0.1) is 11.3 Å². The van der Waals surface area contributed by atoms with Gasteiger partial charge in [0, 0.05) is 5.92 Å². The van der Waals surface area contributed by atoms with E-state index in [1.165, 1.54) is 24.4 Å². The minimum absolute atomic E-state index is 0.164. The highest BCUT2D eigenvalue weighted by Gasteiger charge is 2.36. The number of nitrogens with zero attached hydrogens (tertiary/aromatic N) is 2. The van der Waals surface area contributed by atoms with Crippen LogP contribution >= 0.6 is 23.1 Å². The van der Waals surface area contributed by atoms with Crippen molar-refractivity contribution in [1.29, 1.82) is 0 Å². The molecule has 2 heterocycles. The second-order valence-corrected chi connectivity index (χ2v) is 8.34. The topological polar surface area (TPSA) is 67.5 Å². The number of nitrogens with one attached hydrogen (secondary N) is 1. The maximum Gasteiger partial charge on any atom is 0.250 e. The number of furan rings is 1. The van der Waals surface area contributed by atoms with Crippen LogP contribution in [0.25, 0.3) is 10.2 Å². The number of para-hydroxylation sites is 1. The minimum atomic E-state index is -0.164. The van der Waals surface area contributed by atoms with Crippen LogP contribution in [0, 0.1) is 5.92 Å². The van der Waals surface area contributed by atoms with Crippen LogP contribution in [-0.2, 0) is 4.79 Å². The van der Waals surface area contributed by atoms with Crippen molar-refractivity contribution < 1.29 is 9.21 Å². The number of amides is 1. The van der Waals surface area contributed by atoms with Gasteiger partial charge in [-0.25, -0.2) is 10.4 Å². The number of benzene rings is 1. The van der Waals surface area contributed by atoms with Gasteiger partial charge in [0.25, 0.3) is 5.91 Å². The first kappa shape index (κ1) is 16.4. The van der Waals surface area contributed by atoms with Gasteiger partial charge in [-0.05, 0) is 36.6 Å². The molecule has 2 atom stereocenters. The summed E-state index contributed by atoms with van der Waals surface area (Å²) in [6.07, 6.45) is 2.72. The van der Waals surface area contributed by atoms with Crippen molar-refractivity contribution in [2.24, 2.45) is 11.0 Å². The normalized spacial score (nSPS) is 19.6. The maximum atomic E-state index is 11.9. The molecule has 1 N–H and O–H groups in total. The first-order valence-electron chi connectivity index (χ1n) is 8.09. The second kappa shape index (κ2) is 7.01. The summed E-state index contributed by atoms with van der Waals surface area (Å²) in [5, 5.41) is 3.96. The monoisotopic (exact) mass is 371 g/mol. The Balaban J connectivity index is 1.26. The van der Waals surface area contributed by atoms with Gasteiger partial charge in [-0.3, -0.25) is 4.79 Å². The van der Waals surface area contributed by atoms with Gasteiger partial charge in [-0.1, -0.05) is 30.8 Å². The highest BCUT2D eigenvalue weighted by molar-refractivity contribution is 8.01. The molecule has 0 unspecified atom stereocenters. The predicted octanol–water partition coefficient (Wildman–Crippen LogP) is 4.26. The Hall–Kier alpha value is -2.12. The Labute approximate surface area is 153 Å². The van der Waals surface area contributed by atoms with E-state index in [1.54, 1.807) is 11.3 Å². The Morgan fingerprint density at radius 2 is 2.28 bits per heavy atom. The summed E-state index contributed by atoms with van der Waals surface area (Å²) >= 11 is 3.00. The molecule has 1 aliphatic rings. The number of thiazole rings is 1. The molecule has 7 heteroatoms. The van der Waals surface area contributed by atoms with E-state index in [0.29, 0.717) is 17.6 Å².